The average molecular weight is 397 g/mol. The van der Waals surface area contributed by atoms with Crippen LogP contribution < -0.4 is 10.6 Å². The Balaban J connectivity index is 2.16. The third-order valence-electron chi connectivity index (χ3n) is 4.13. The van der Waals surface area contributed by atoms with Gasteiger partial charge in [-0.25, -0.2) is 9.18 Å². The van der Waals surface area contributed by atoms with Crippen LogP contribution in [0.15, 0.2) is 48.5 Å². The van der Waals surface area contributed by atoms with Crippen LogP contribution in [0.3, 0.4) is 0 Å². The molecular weight excluding hydrogens is 377 g/mol. The predicted octanol–water partition coefficient (Wildman–Crippen LogP) is 1.56. The molecular formula is C21H20FN3O4. The molecule has 29 heavy (non-hydrogen) atoms. The summed E-state index contributed by atoms with van der Waals surface area (Å²) in [5, 5.41) is 23.3. The van der Waals surface area contributed by atoms with Crippen LogP contribution in [0.5, 0.6) is 0 Å². The second-order valence-electron chi connectivity index (χ2n) is 6.50. The van der Waals surface area contributed by atoms with Gasteiger partial charge >= 0.3 is 5.97 Å². The molecule has 0 heterocycles. The molecule has 0 saturated heterocycles. The lowest BCUT2D eigenvalue weighted by Gasteiger charge is -2.21. The summed E-state index contributed by atoms with van der Waals surface area (Å²) in [5.41, 5.74) is 1.42. The van der Waals surface area contributed by atoms with Gasteiger partial charge in [0.2, 0.25) is 11.8 Å². The highest BCUT2D eigenvalue weighted by Crippen LogP contribution is 2.10. The highest BCUT2D eigenvalue weighted by Gasteiger charge is 2.26. The normalized spacial score (nSPS) is 12.3. The van der Waals surface area contributed by atoms with Gasteiger partial charge in [-0.2, -0.15) is 5.26 Å². The van der Waals surface area contributed by atoms with E-state index in [1.54, 1.807) is 30.3 Å². The number of amides is 2. The van der Waals surface area contributed by atoms with Crippen molar-refractivity contribution in [1.82, 2.24) is 10.6 Å². The van der Waals surface area contributed by atoms with Crippen LogP contribution >= 0.6 is 0 Å². The first kappa shape index (κ1) is 21.6. The number of hydrogen-bond donors (Lipinski definition) is 3. The third kappa shape index (κ3) is 6.74. The number of carbonyl (C=O) groups is 3. The van der Waals surface area contributed by atoms with Gasteiger partial charge in [-0.1, -0.05) is 24.3 Å². The Morgan fingerprint density at radius 2 is 1.66 bits per heavy atom. The van der Waals surface area contributed by atoms with E-state index < -0.39 is 35.7 Å². The van der Waals surface area contributed by atoms with Gasteiger partial charge in [0.25, 0.3) is 0 Å². The molecule has 0 fully saturated rings. The van der Waals surface area contributed by atoms with Crippen LogP contribution in [0, 0.1) is 17.1 Å². The molecule has 150 valence electrons. The molecule has 0 aliphatic heterocycles. The summed E-state index contributed by atoms with van der Waals surface area (Å²) in [7, 11) is 0. The van der Waals surface area contributed by atoms with Crippen LogP contribution in [-0.2, 0) is 27.2 Å². The summed E-state index contributed by atoms with van der Waals surface area (Å²) >= 11 is 0. The number of nitrogens with one attached hydrogen (secondary N) is 2. The Morgan fingerprint density at radius 1 is 1.03 bits per heavy atom. The SMILES string of the molecule is CC(=O)N[C@H](Cc1cccc(F)c1)C(=O)N[C@@H](Cc1cccc(C#N)c1)C(=O)O. The van der Waals surface area contributed by atoms with Crippen LogP contribution in [0.1, 0.15) is 23.6 Å². The topological polar surface area (TPSA) is 119 Å². The molecule has 0 aromatic heterocycles. The maximum Gasteiger partial charge on any atom is 0.326 e. The molecule has 0 saturated carbocycles. The summed E-state index contributed by atoms with van der Waals surface area (Å²) in [6, 6.07) is 11.6. The van der Waals surface area contributed by atoms with Gasteiger partial charge in [-0.05, 0) is 35.4 Å². The monoisotopic (exact) mass is 397 g/mol. The minimum atomic E-state index is -1.26. The minimum absolute atomic E-state index is 0.000566. The fourth-order valence-electron chi connectivity index (χ4n) is 2.83. The minimum Gasteiger partial charge on any atom is -0.480 e. The lowest BCUT2D eigenvalue weighted by atomic mass is 10.0. The number of nitriles is 1. The first-order valence-corrected chi connectivity index (χ1v) is 8.82. The van der Waals surface area contributed by atoms with E-state index in [-0.39, 0.29) is 12.8 Å². The largest absolute Gasteiger partial charge is 0.480 e. The van der Waals surface area contributed by atoms with Crippen LogP contribution in [0.4, 0.5) is 4.39 Å². The van der Waals surface area contributed by atoms with E-state index in [4.69, 9.17) is 5.26 Å². The van der Waals surface area contributed by atoms with Crippen molar-refractivity contribution in [1.29, 1.82) is 5.26 Å². The Bertz CT molecular complexity index is 955. The van der Waals surface area contributed by atoms with Crippen LogP contribution in [-0.4, -0.2) is 35.0 Å². The second kappa shape index (κ2) is 9.99. The van der Waals surface area contributed by atoms with Crippen molar-refractivity contribution in [3.8, 4) is 6.07 Å². The van der Waals surface area contributed by atoms with Gasteiger partial charge in [0, 0.05) is 19.8 Å². The first-order chi connectivity index (χ1) is 13.8. The maximum atomic E-state index is 13.4. The summed E-state index contributed by atoms with van der Waals surface area (Å²) < 4.78 is 13.4. The smallest absolute Gasteiger partial charge is 0.326 e. The fourth-order valence-corrected chi connectivity index (χ4v) is 2.83. The van der Waals surface area contributed by atoms with E-state index in [1.165, 1.54) is 25.1 Å². The number of carboxylic acids is 1. The molecule has 8 heteroatoms. The Kier molecular flexibility index (Phi) is 7.43. The number of hydrogen-bond acceptors (Lipinski definition) is 4. The van der Waals surface area contributed by atoms with Gasteiger partial charge in [0.05, 0.1) is 11.6 Å². The van der Waals surface area contributed by atoms with Crippen molar-refractivity contribution >= 4 is 17.8 Å². The molecule has 2 aromatic rings. The highest BCUT2D eigenvalue weighted by atomic mass is 19.1. The summed E-state index contributed by atoms with van der Waals surface area (Å²) in [4.78, 5) is 35.8. The van der Waals surface area contributed by atoms with Gasteiger partial charge < -0.3 is 15.7 Å². The third-order valence-corrected chi connectivity index (χ3v) is 4.13. The Hall–Kier alpha value is -3.73. The van der Waals surface area contributed by atoms with E-state index >= 15 is 0 Å². The number of halogens is 1. The van der Waals surface area contributed by atoms with Crippen molar-refractivity contribution in [3.63, 3.8) is 0 Å². The predicted molar refractivity (Wildman–Crippen MR) is 102 cm³/mol. The Morgan fingerprint density at radius 3 is 2.24 bits per heavy atom. The average Bonchev–Trinajstić information content (AvgIpc) is 2.66. The molecule has 0 unspecified atom stereocenters. The molecule has 0 bridgehead atoms. The van der Waals surface area contributed by atoms with E-state index in [1.807, 2.05) is 6.07 Å². The lowest BCUT2D eigenvalue weighted by molar-refractivity contribution is -0.142. The number of carboxylic acid groups (broad SMARTS) is 1. The fraction of sp³-hybridized carbons (Fsp3) is 0.238. The molecule has 7 nitrogen and oxygen atoms in total. The summed E-state index contributed by atoms with van der Waals surface area (Å²) in [6.07, 6.45) is -0.0389. The van der Waals surface area contributed by atoms with Crippen molar-refractivity contribution in [2.75, 3.05) is 0 Å². The van der Waals surface area contributed by atoms with E-state index in [0.29, 0.717) is 16.7 Å². The van der Waals surface area contributed by atoms with Crippen LogP contribution in [0.25, 0.3) is 0 Å². The van der Waals surface area contributed by atoms with Gasteiger partial charge in [0.1, 0.15) is 17.9 Å². The molecule has 2 aromatic carbocycles. The van der Waals surface area contributed by atoms with E-state index in [0.717, 1.165) is 0 Å². The first-order valence-electron chi connectivity index (χ1n) is 8.82. The lowest BCUT2D eigenvalue weighted by Crippen LogP contribution is -2.52. The zero-order valence-electron chi connectivity index (χ0n) is 15.7. The van der Waals surface area contributed by atoms with E-state index in [9.17, 15) is 23.9 Å². The summed E-state index contributed by atoms with van der Waals surface area (Å²) in [6.45, 7) is 1.23. The van der Waals surface area contributed by atoms with E-state index in [2.05, 4.69) is 10.6 Å². The molecule has 2 rings (SSSR count). The zero-order valence-corrected chi connectivity index (χ0v) is 15.7. The number of aliphatic carboxylic acids is 1. The van der Waals surface area contributed by atoms with Crippen molar-refractivity contribution in [2.45, 2.75) is 31.8 Å². The number of nitrogens with zero attached hydrogens (tertiary/aromatic N) is 1. The standard InChI is InChI=1S/C21H20FN3O4/c1-13(26)24-18(10-15-5-3-7-17(22)9-15)20(27)25-19(21(28)29)11-14-4-2-6-16(8-14)12-23/h2-9,18-19H,10-11H2,1H3,(H,24,26)(H,25,27)(H,28,29)/t18-,19+/m1/s1. The zero-order chi connectivity index (χ0) is 21.4. The molecule has 0 spiro atoms. The van der Waals surface area contributed by atoms with Crippen molar-refractivity contribution < 1.29 is 23.9 Å². The number of rotatable bonds is 8. The number of carbonyl (C=O) groups excluding carboxylic acids is 2. The van der Waals surface area contributed by atoms with Gasteiger partial charge in [-0.15, -0.1) is 0 Å². The molecule has 0 aliphatic rings. The van der Waals surface area contributed by atoms with Crippen LogP contribution in [0.2, 0.25) is 0 Å². The second-order valence-corrected chi connectivity index (χ2v) is 6.50. The summed E-state index contributed by atoms with van der Waals surface area (Å²) in [5.74, 6) is -2.92. The Labute approximate surface area is 167 Å². The number of benzene rings is 2. The molecule has 0 radical (unpaired) electrons. The molecule has 3 N–H and O–H groups in total. The maximum absolute atomic E-state index is 13.4. The molecule has 2 atom stereocenters. The highest BCUT2D eigenvalue weighted by molar-refractivity contribution is 5.90. The van der Waals surface area contributed by atoms with Gasteiger partial charge in [-0.3, -0.25) is 9.59 Å². The molecule has 2 amide bonds. The van der Waals surface area contributed by atoms with Gasteiger partial charge in [0.15, 0.2) is 0 Å². The van der Waals surface area contributed by atoms with Crippen molar-refractivity contribution in [2.24, 2.45) is 0 Å². The molecule has 0 aliphatic carbocycles. The van der Waals surface area contributed by atoms with Crippen molar-refractivity contribution in [3.05, 3.63) is 71.0 Å². The quantitative estimate of drug-likeness (QED) is 0.624.